The fraction of sp³-hybridized carbons (Fsp3) is 0.769. The topological polar surface area (TPSA) is 23.6 Å². The van der Waals surface area contributed by atoms with Crippen molar-refractivity contribution in [2.45, 2.75) is 39.7 Å². The number of hydrogen-bond acceptors (Lipinski definition) is 2. The van der Waals surface area contributed by atoms with E-state index in [1.54, 1.807) is 6.08 Å². The van der Waals surface area contributed by atoms with E-state index in [0.717, 1.165) is 39.0 Å². The maximum atomic E-state index is 11.6. The van der Waals surface area contributed by atoms with Crippen molar-refractivity contribution in [3.05, 3.63) is 12.2 Å². The molecule has 1 saturated heterocycles. The van der Waals surface area contributed by atoms with Crippen LogP contribution >= 0.6 is 0 Å². The molecule has 92 valence electrons. The molecule has 0 aromatic rings. The van der Waals surface area contributed by atoms with Gasteiger partial charge in [0.25, 0.3) is 0 Å². The Bertz CT molecular complexity index is 238. The van der Waals surface area contributed by atoms with Gasteiger partial charge in [0.15, 0.2) is 0 Å². The number of rotatable bonds is 4. The minimum atomic E-state index is 0.167. The lowest BCUT2D eigenvalue weighted by atomic mass is 10.0. The Kier molecular flexibility index (Phi) is 5.53. The first-order chi connectivity index (χ1) is 7.72. The highest BCUT2D eigenvalue weighted by Crippen LogP contribution is 2.16. The minimum absolute atomic E-state index is 0.167. The number of allylic oxidation sites excluding steroid dienone is 1. The van der Waals surface area contributed by atoms with Crippen molar-refractivity contribution in [2.75, 3.05) is 26.2 Å². The quantitative estimate of drug-likeness (QED) is 0.681. The summed E-state index contributed by atoms with van der Waals surface area (Å²) < 4.78 is 0. The summed E-state index contributed by atoms with van der Waals surface area (Å²) in [5.41, 5.74) is 0. The summed E-state index contributed by atoms with van der Waals surface area (Å²) in [6.45, 7) is 10.4. The zero-order valence-corrected chi connectivity index (χ0v) is 10.8. The molecule has 1 aliphatic rings. The third-order valence-electron chi connectivity index (χ3n) is 3.41. The fourth-order valence-electron chi connectivity index (χ4n) is 2.44. The number of nitrogens with zero attached hydrogens (tertiary/aromatic N) is 2. The van der Waals surface area contributed by atoms with Crippen LogP contribution in [0.2, 0.25) is 0 Å². The Morgan fingerprint density at radius 1 is 1.31 bits per heavy atom. The van der Waals surface area contributed by atoms with Gasteiger partial charge in [-0.1, -0.05) is 19.9 Å². The van der Waals surface area contributed by atoms with E-state index in [4.69, 9.17) is 0 Å². The van der Waals surface area contributed by atoms with Crippen molar-refractivity contribution < 1.29 is 4.79 Å². The third-order valence-corrected chi connectivity index (χ3v) is 3.41. The van der Waals surface area contributed by atoms with Gasteiger partial charge in [-0.25, -0.2) is 0 Å². The normalized spacial score (nSPS) is 18.6. The van der Waals surface area contributed by atoms with E-state index >= 15 is 0 Å². The number of amides is 1. The lowest BCUT2D eigenvalue weighted by Crippen LogP contribution is -2.46. The van der Waals surface area contributed by atoms with Crippen LogP contribution in [0, 0.1) is 0 Å². The van der Waals surface area contributed by atoms with E-state index in [9.17, 15) is 4.79 Å². The number of hydrogen-bond donors (Lipinski definition) is 0. The predicted octanol–water partition coefficient (Wildman–Crippen LogP) is 1.90. The van der Waals surface area contributed by atoms with Gasteiger partial charge in [-0.05, 0) is 38.9 Å². The maximum Gasteiger partial charge on any atom is 0.246 e. The molecule has 3 heteroatoms. The fourth-order valence-corrected chi connectivity index (χ4v) is 2.44. The van der Waals surface area contributed by atoms with Crippen LogP contribution in [0.15, 0.2) is 12.2 Å². The summed E-state index contributed by atoms with van der Waals surface area (Å²) >= 11 is 0. The lowest BCUT2D eigenvalue weighted by Gasteiger charge is -2.37. The summed E-state index contributed by atoms with van der Waals surface area (Å²) in [4.78, 5) is 16.1. The van der Waals surface area contributed by atoms with Gasteiger partial charge in [0, 0.05) is 19.1 Å². The van der Waals surface area contributed by atoms with Gasteiger partial charge in [0.1, 0.15) is 0 Å². The first kappa shape index (κ1) is 13.2. The molecule has 16 heavy (non-hydrogen) atoms. The molecule has 1 rings (SSSR count). The smallest absolute Gasteiger partial charge is 0.246 e. The Hall–Kier alpha value is -0.830. The second-order valence-corrected chi connectivity index (χ2v) is 4.28. The first-order valence-electron chi connectivity index (χ1n) is 6.38. The molecule has 0 atom stereocenters. The summed E-state index contributed by atoms with van der Waals surface area (Å²) in [7, 11) is 0. The van der Waals surface area contributed by atoms with Crippen molar-refractivity contribution in [3.63, 3.8) is 0 Å². The van der Waals surface area contributed by atoms with Crippen LogP contribution in [0.1, 0.15) is 33.6 Å². The highest BCUT2D eigenvalue weighted by molar-refractivity contribution is 5.87. The monoisotopic (exact) mass is 224 g/mol. The van der Waals surface area contributed by atoms with Gasteiger partial charge in [-0.15, -0.1) is 0 Å². The zero-order chi connectivity index (χ0) is 12.0. The van der Waals surface area contributed by atoms with Crippen molar-refractivity contribution >= 4 is 5.91 Å². The van der Waals surface area contributed by atoms with E-state index in [-0.39, 0.29) is 5.91 Å². The Morgan fingerprint density at radius 3 is 2.31 bits per heavy atom. The molecule has 3 nitrogen and oxygen atoms in total. The van der Waals surface area contributed by atoms with Crippen LogP contribution in [-0.2, 0) is 4.79 Å². The highest BCUT2D eigenvalue weighted by Gasteiger charge is 2.24. The predicted molar refractivity (Wildman–Crippen MR) is 67.3 cm³/mol. The van der Waals surface area contributed by atoms with Crippen molar-refractivity contribution in [2.24, 2.45) is 0 Å². The Balaban J connectivity index is 2.41. The molecule has 0 aromatic heterocycles. The molecule has 0 aliphatic carbocycles. The molecule has 0 spiro atoms. The van der Waals surface area contributed by atoms with E-state index in [1.807, 2.05) is 17.9 Å². The third kappa shape index (κ3) is 3.34. The van der Waals surface area contributed by atoms with Crippen LogP contribution in [-0.4, -0.2) is 47.9 Å². The Labute approximate surface area is 99.1 Å². The van der Waals surface area contributed by atoms with Crippen LogP contribution in [0.3, 0.4) is 0 Å². The average molecular weight is 224 g/mol. The van der Waals surface area contributed by atoms with Crippen LogP contribution in [0.4, 0.5) is 0 Å². The number of likely N-dealkylation sites (tertiary alicyclic amines) is 1. The summed E-state index contributed by atoms with van der Waals surface area (Å²) in [6, 6.07) is 0.671. The molecule has 0 unspecified atom stereocenters. The number of carbonyl (C=O) groups excluding carboxylic acids is 1. The first-order valence-corrected chi connectivity index (χ1v) is 6.38. The van der Waals surface area contributed by atoms with Gasteiger partial charge in [-0.2, -0.15) is 0 Å². The van der Waals surface area contributed by atoms with Gasteiger partial charge in [-0.3, -0.25) is 4.79 Å². The second kappa shape index (κ2) is 6.69. The lowest BCUT2D eigenvalue weighted by molar-refractivity contribution is -0.127. The molecular weight excluding hydrogens is 200 g/mol. The van der Waals surface area contributed by atoms with E-state index < -0.39 is 0 Å². The zero-order valence-electron chi connectivity index (χ0n) is 10.8. The van der Waals surface area contributed by atoms with Gasteiger partial charge >= 0.3 is 0 Å². The van der Waals surface area contributed by atoms with E-state index in [0.29, 0.717) is 6.04 Å². The van der Waals surface area contributed by atoms with Crippen LogP contribution in [0.5, 0.6) is 0 Å². The largest absolute Gasteiger partial charge is 0.339 e. The summed E-state index contributed by atoms with van der Waals surface area (Å²) in [5, 5.41) is 0. The van der Waals surface area contributed by atoms with Gasteiger partial charge in [0.05, 0.1) is 0 Å². The molecule has 0 saturated carbocycles. The Morgan fingerprint density at radius 2 is 1.88 bits per heavy atom. The highest BCUT2D eigenvalue weighted by atomic mass is 16.2. The molecule has 1 fully saturated rings. The van der Waals surface area contributed by atoms with Crippen molar-refractivity contribution in [3.8, 4) is 0 Å². The number of carbonyl (C=O) groups is 1. The summed E-state index contributed by atoms with van der Waals surface area (Å²) in [6.07, 6.45) is 5.71. The molecule has 1 amide bonds. The second-order valence-electron chi connectivity index (χ2n) is 4.28. The van der Waals surface area contributed by atoms with Gasteiger partial charge in [0.2, 0.25) is 5.91 Å². The van der Waals surface area contributed by atoms with E-state index in [1.165, 1.54) is 0 Å². The number of piperidine rings is 1. The molecule has 0 N–H and O–H groups in total. The molecule has 1 heterocycles. The molecule has 0 bridgehead atoms. The van der Waals surface area contributed by atoms with Crippen molar-refractivity contribution in [1.82, 2.24) is 9.80 Å². The maximum absolute atomic E-state index is 11.6. The molecule has 0 radical (unpaired) electrons. The van der Waals surface area contributed by atoms with E-state index in [2.05, 4.69) is 18.7 Å². The van der Waals surface area contributed by atoms with Crippen molar-refractivity contribution in [1.29, 1.82) is 0 Å². The summed E-state index contributed by atoms with van der Waals surface area (Å²) in [5.74, 6) is 0.167. The molecular formula is C13H24N2O. The standard InChI is InChI=1S/C13H24N2O/c1-4-7-13(16)15-10-8-12(9-11-15)14(5-2)6-3/h4,7,12H,5-6,8-11H2,1-3H3. The van der Waals surface area contributed by atoms with Crippen LogP contribution in [0.25, 0.3) is 0 Å². The SMILES string of the molecule is CC=CC(=O)N1CCC(N(CC)CC)CC1. The molecule has 1 aliphatic heterocycles. The van der Waals surface area contributed by atoms with Gasteiger partial charge < -0.3 is 9.80 Å². The average Bonchev–Trinajstić information content (AvgIpc) is 2.32. The molecule has 0 aromatic carbocycles. The minimum Gasteiger partial charge on any atom is -0.339 e. The van der Waals surface area contributed by atoms with Crippen LogP contribution < -0.4 is 0 Å².